The lowest BCUT2D eigenvalue weighted by Gasteiger charge is -2.46. The first-order chi connectivity index (χ1) is 15.3. The van der Waals surface area contributed by atoms with Crippen molar-refractivity contribution in [3.8, 4) is 0 Å². The third-order valence-electron chi connectivity index (χ3n) is 5.61. The van der Waals surface area contributed by atoms with E-state index in [9.17, 15) is 26.4 Å². The van der Waals surface area contributed by atoms with Crippen molar-refractivity contribution >= 4 is 32.9 Å². The second-order valence-electron chi connectivity index (χ2n) is 7.93. The number of esters is 1. The van der Waals surface area contributed by atoms with Gasteiger partial charge < -0.3 is 14.6 Å². The Morgan fingerprint density at radius 1 is 1.15 bits per heavy atom. The lowest BCUT2D eigenvalue weighted by Crippen LogP contribution is -2.56. The third kappa shape index (κ3) is 5.65. The quantitative estimate of drug-likeness (QED) is 0.648. The van der Waals surface area contributed by atoms with E-state index in [1.165, 1.54) is 6.20 Å². The van der Waals surface area contributed by atoms with Crippen molar-refractivity contribution in [3.05, 3.63) is 36.0 Å². The highest BCUT2D eigenvalue weighted by atomic mass is 32.2. The first kappa shape index (κ1) is 25.0. The Morgan fingerprint density at radius 2 is 1.70 bits per heavy atom. The number of carbonyl (C=O) groups excluding carboxylic acids is 1. The first-order valence-corrected chi connectivity index (χ1v) is 11.7. The Labute approximate surface area is 187 Å². The van der Waals surface area contributed by atoms with Crippen LogP contribution in [0.15, 0.2) is 30.5 Å². The molecule has 1 aromatic heterocycles. The molecule has 0 radical (unpaired) electrons. The summed E-state index contributed by atoms with van der Waals surface area (Å²) in [6.07, 6.45) is -1.33. The maximum absolute atomic E-state index is 12.8. The van der Waals surface area contributed by atoms with Gasteiger partial charge in [-0.25, -0.2) is 22.0 Å². The minimum absolute atomic E-state index is 0.182. The van der Waals surface area contributed by atoms with Gasteiger partial charge in [-0.15, -0.1) is 0 Å². The minimum Gasteiger partial charge on any atom is -0.475 e. The van der Waals surface area contributed by atoms with Crippen LogP contribution in [0.2, 0.25) is 0 Å². The lowest BCUT2D eigenvalue weighted by atomic mass is 9.92. The fourth-order valence-corrected chi connectivity index (χ4v) is 4.76. The summed E-state index contributed by atoms with van der Waals surface area (Å²) in [5.41, 5.74) is 0.766. The number of ether oxygens (including phenoxy) is 2. The molecule has 2 aromatic rings. The zero-order valence-electron chi connectivity index (χ0n) is 17.8. The molecular formula is C20H23F3N2O7S. The van der Waals surface area contributed by atoms with E-state index in [1.54, 1.807) is 24.3 Å². The Balaban J connectivity index is 0.000000383. The monoisotopic (exact) mass is 492 g/mol. The summed E-state index contributed by atoms with van der Waals surface area (Å²) in [5, 5.41) is 7.71. The number of aromatic nitrogens is 1. The number of hydrogen-bond acceptors (Lipinski definition) is 7. The Hall–Kier alpha value is -2.64. The van der Waals surface area contributed by atoms with Gasteiger partial charge in [0.2, 0.25) is 10.0 Å². The number of morpholine rings is 1. The van der Waals surface area contributed by atoms with Gasteiger partial charge in [0.25, 0.3) is 0 Å². The van der Waals surface area contributed by atoms with Gasteiger partial charge in [-0.2, -0.15) is 13.2 Å². The van der Waals surface area contributed by atoms with Crippen LogP contribution in [0.25, 0.3) is 10.9 Å². The van der Waals surface area contributed by atoms with Crippen LogP contribution in [0.1, 0.15) is 23.2 Å². The van der Waals surface area contributed by atoms with Crippen molar-refractivity contribution in [1.29, 1.82) is 0 Å². The fraction of sp³-hybridized carbons (Fsp3) is 0.500. The van der Waals surface area contributed by atoms with Gasteiger partial charge in [-0.1, -0.05) is 18.2 Å². The molecule has 33 heavy (non-hydrogen) atoms. The number of halogens is 3. The van der Waals surface area contributed by atoms with E-state index in [0.717, 1.165) is 23.1 Å². The Morgan fingerprint density at radius 3 is 2.21 bits per heavy atom. The second kappa shape index (κ2) is 9.31. The molecule has 0 aliphatic carbocycles. The van der Waals surface area contributed by atoms with Gasteiger partial charge >= 0.3 is 18.1 Å². The number of nitrogens with zero attached hydrogens (tertiary/aromatic N) is 2. The fourth-order valence-electron chi connectivity index (χ4n) is 3.94. The van der Waals surface area contributed by atoms with E-state index in [0.29, 0.717) is 24.1 Å². The molecule has 0 amide bonds. The maximum atomic E-state index is 12.8. The summed E-state index contributed by atoms with van der Waals surface area (Å²) >= 11 is 0. The Bertz CT molecular complexity index is 1130. The van der Waals surface area contributed by atoms with E-state index in [-0.39, 0.29) is 23.8 Å². The van der Waals surface area contributed by atoms with Crippen molar-refractivity contribution in [2.45, 2.75) is 37.2 Å². The summed E-state index contributed by atoms with van der Waals surface area (Å²) < 4.78 is 68.3. The van der Waals surface area contributed by atoms with Crippen molar-refractivity contribution in [2.75, 3.05) is 26.5 Å². The van der Waals surface area contributed by atoms with Gasteiger partial charge in [0.1, 0.15) is 6.10 Å². The third-order valence-corrected chi connectivity index (χ3v) is 6.63. The molecule has 2 aliphatic heterocycles. The molecule has 2 fully saturated rings. The number of para-hydroxylation sites is 1. The molecule has 9 nitrogen and oxygen atoms in total. The van der Waals surface area contributed by atoms with E-state index in [1.807, 2.05) is 0 Å². The number of carboxylic acid groups (broad SMARTS) is 1. The minimum atomic E-state index is -5.08. The highest BCUT2D eigenvalue weighted by Gasteiger charge is 2.39. The van der Waals surface area contributed by atoms with Crippen molar-refractivity contribution in [1.82, 2.24) is 8.87 Å². The van der Waals surface area contributed by atoms with Crippen LogP contribution >= 0.6 is 0 Å². The van der Waals surface area contributed by atoms with E-state index < -0.39 is 28.1 Å². The molecule has 2 bridgehead atoms. The number of alkyl halides is 3. The molecule has 1 N–H and O–H groups in total. The van der Waals surface area contributed by atoms with Crippen LogP contribution in [0.3, 0.4) is 0 Å². The van der Waals surface area contributed by atoms with Gasteiger partial charge in [0.05, 0.1) is 30.5 Å². The van der Waals surface area contributed by atoms with Crippen LogP contribution in [-0.4, -0.2) is 85.2 Å². The maximum Gasteiger partial charge on any atom is 0.490 e. The van der Waals surface area contributed by atoms with Gasteiger partial charge in [-0.3, -0.25) is 4.90 Å². The molecule has 4 rings (SSSR count). The van der Waals surface area contributed by atoms with Crippen molar-refractivity contribution < 1.29 is 45.8 Å². The van der Waals surface area contributed by atoms with E-state index in [4.69, 9.17) is 19.4 Å². The number of carboxylic acids is 1. The molecule has 2 saturated heterocycles. The van der Waals surface area contributed by atoms with Crippen LogP contribution in [0, 0.1) is 0 Å². The predicted octanol–water partition coefficient (Wildman–Crippen LogP) is 2.10. The summed E-state index contributed by atoms with van der Waals surface area (Å²) in [4.78, 5) is 24.0. The number of rotatable bonds is 3. The normalized spacial score (nSPS) is 23.5. The highest BCUT2D eigenvalue weighted by Crippen LogP contribution is 2.30. The van der Waals surface area contributed by atoms with Crippen molar-refractivity contribution in [3.63, 3.8) is 0 Å². The molecule has 1 aromatic carbocycles. The largest absolute Gasteiger partial charge is 0.490 e. The van der Waals surface area contributed by atoms with Crippen LogP contribution in [0.5, 0.6) is 0 Å². The Kier molecular flexibility index (Phi) is 7.05. The average Bonchev–Trinajstić information content (AvgIpc) is 3.09. The predicted molar refractivity (Wildman–Crippen MR) is 110 cm³/mol. The zero-order valence-corrected chi connectivity index (χ0v) is 18.6. The molecule has 1 unspecified atom stereocenters. The zero-order chi connectivity index (χ0) is 24.6. The topological polar surface area (TPSA) is 115 Å². The standard InChI is InChI=1S/C18H22N2O5S.C2HF3O2/c1-19-12-7-14(8-13(19)11-24-10-12)25-18(21)16-9-20(26(2,22)23)17-6-4-3-5-15(16)17;3-2(4,5)1(6)7/h3-6,9,12-14H,7-8,10-11H2,1-2H3;(H,6,7)/t12-,13+,14?;. The molecule has 182 valence electrons. The number of benzene rings is 1. The first-order valence-electron chi connectivity index (χ1n) is 9.90. The second-order valence-corrected chi connectivity index (χ2v) is 9.79. The summed E-state index contributed by atoms with van der Waals surface area (Å²) in [5.74, 6) is -3.23. The molecule has 3 atom stereocenters. The summed E-state index contributed by atoms with van der Waals surface area (Å²) in [7, 11) is -1.43. The van der Waals surface area contributed by atoms with Gasteiger partial charge in [0.15, 0.2) is 0 Å². The van der Waals surface area contributed by atoms with Gasteiger partial charge in [0, 0.05) is 36.5 Å². The summed E-state index contributed by atoms with van der Waals surface area (Å²) in [6.45, 7) is 1.29. The number of carbonyl (C=O) groups is 2. The van der Waals surface area contributed by atoms with Crippen LogP contribution < -0.4 is 0 Å². The van der Waals surface area contributed by atoms with Crippen LogP contribution in [-0.2, 0) is 24.3 Å². The highest BCUT2D eigenvalue weighted by molar-refractivity contribution is 7.89. The molecular weight excluding hydrogens is 469 g/mol. The molecule has 0 saturated carbocycles. The molecule has 0 spiro atoms. The lowest BCUT2D eigenvalue weighted by molar-refractivity contribution is -0.192. The number of fused-ring (bicyclic) bond motifs is 3. The number of hydrogen-bond donors (Lipinski definition) is 1. The van der Waals surface area contributed by atoms with Gasteiger partial charge in [-0.05, 0) is 13.1 Å². The number of likely N-dealkylation sites (N-methyl/N-ethyl adjacent to an activating group) is 1. The van der Waals surface area contributed by atoms with E-state index >= 15 is 0 Å². The molecule has 3 heterocycles. The summed E-state index contributed by atoms with van der Waals surface area (Å²) in [6, 6.07) is 7.45. The average molecular weight is 492 g/mol. The SMILES string of the molecule is CN1[C@@H]2COC[C@H]1CC(OC(=O)c1cn(S(C)(=O)=O)c3ccccc13)C2.O=C(O)C(F)(F)F. The number of aliphatic carboxylic acids is 1. The molecule has 2 aliphatic rings. The van der Waals surface area contributed by atoms with Crippen LogP contribution in [0.4, 0.5) is 13.2 Å². The molecule has 13 heteroatoms. The smallest absolute Gasteiger partial charge is 0.475 e. The van der Waals surface area contributed by atoms with E-state index in [2.05, 4.69) is 11.9 Å². The number of piperidine rings is 1. The van der Waals surface area contributed by atoms with Crippen molar-refractivity contribution in [2.24, 2.45) is 0 Å².